The SMILES string of the molecule is c1nc(NCC2CN(c3ccc4nncn4n3)C2)cc(C2CCC2)n1. The number of anilines is 2. The summed E-state index contributed by atoms with van der Waals surface area (Å²) in [5.74, 6) is 3.15. The summed E-state index contributed by atoms with van der Waals surface area (Å²) in [6.07, 6.45) is 7.16. The molecule has 1 aliphatic heterocycles. The Labute approximate surface area is 145 Å². The zero-order valence-electron chi connectivity index (χ0n) is 13.9. The minimum atomic E-state index is 0.598. The number of hydrogen-bond donors (Lipinski definition) is 1. The van der Waals surface area contributed by atoms with Crippen LogP contribution in [0.5, 0.6) is 0 Å². The molecular weight excluding hydrogens is 316 g/mol. The Bertz CT molecular complexity index is 881. The van der Waals surface area contributed by atoms with Gasteiger partial charge in [-0.15, -0.1) is 15.3 Å². The molecule has 3 aromatic heterocycles. The van der Waals surface area contributed by atoms with Gasteiger partial charge in [0.2, 0.25) is 0 Å². The number of fused-ring (bicyclic) bond motifs is 1. The molecule has 8 nitrogen and oxygen atoms in total. The van der Waals surface area contributed by atoms with Gasteiger partial charge in [-0.25, -0.2) is 9.97 Å². The van der Waals surface area contributed by atoms with E-state index in [1.54, 1.807) is 17.2 Å². The first-order valence-electron chi connectivity index (χ1n) is 8.83. The van der Waals surface area contributed by atoms with Crippen LogP contribution in [0.25, 0.3) is 5.65 Å². The van der Waals surface area contributed by atoms with E-state index in [2.05, 4.69) is 41.5 Å². The molecule has 0 aromatic carbocycles. The molecule has 0 amide bonds. The van der Waals surface area contributed by atoms with Crippen molar-refractivity contribution in [1.82, 2.24) is 29.8 Å². The number of nitrogens with zero attached hydrogens (tertiary/aromatic N) is 7. The first-order chi connectivity index (χ1) is 12.3. The van der Waals surface area contributed by atoms with E-state index in [9.17, 15) is 0 Å². The Hall–Kier alpha value is -2.77. The van der Waals surface area contributed by atoms with Gasteiger partial charge in [0.1, 0.15) is 24.3 Å². The highest BCUT2D eigenvalue weighted by atomic mass is 15.4. The van der Waals surface area contributed by atoms with Gasteiger partial charge in [-0.1, -0.05) is 6.42 Å². The van der Waals surface area contributed by atoms with E-state index in [1.165, 1.54) is 25.0 Å². The maximum Gasteiger partial charge on any atom is 0.177 e. The fourth-order valence-electron chi connectivity index (χ4n) is 3.42. The molecule has 2 aliphatic rings. The molecular formula is C17H20N8. The molecule has 1 N–H and O–H groups in total. The third kappa shape index (κ3) is 2.77. The van der Waals surface area contributed by atoms with Crippen LogP contribution in [0, 0.1) is 5.92 Å². The minimum absolute atomic E-state index is 0.598. The molecule has 25 heavy (non-hydrogen) atoms. The van der Waals surface area contributed by atoms with E-state index in [-0.39, 0.29) is 0 Å². The first kappa shape index (κ1) is 14.6. The molecule has 0 unspecified atom stereocenters. The fraction of sp³-hybridized carbons (Fsp3) is 0.471. The molecule has 2 fully saturated rings. The third-order valence-corrected chi connectivity index (χ3v) is 5.21. The quantitative estimate of drug-likeness (QED) is 0.759. The van der Waals surface area contributed by atoms with Crippen LogP contribution in [0.4, 0.5) is 11.6 Å². The van der Waals surface area contributed by atoms with Gasteiger partial charge in [0, 0.05) is 43.2 Å². The zero-order chi connectivity index (χ0) is 16.6. The highest BCUT2D eigenvalue weighted by Crippen LogP contribution is 2.35. The molecule has 5 rings (SSSR count). The van der Waals surface area contributed by atoms with Gasteiger partial charge in [-0.3, -0.25) is 0 Å². The molecule has 4 heterocycles. The maximum absolute atomic E-state index is 4.53. The fourth-order valence-corrected chi connectivity index (χ4v) is 3.42. The van der Waals surface area contributed by atoms with Crippen molar-refractivity contribution in [3.8, 4) is 0 Å². The summed E-state index contributed by atoms with van der Waals surface area (Å²) in [7, 11) is 0. The highest BCUT2D eigenvalue weighted by Gasteiger charge is 2.28. The van der Waals surface area contributed by atoms with Gasteiger partial charge >= 0.3 is 0 Å². The van der Waals surface area contributed by atoms with Gasteiger partial charge in [-0.2, -0.15) is 4.52 Å². The average Bonchev–Trinajstić information content (AvgIpc) is 3.00. The molecule has 0 atom stereocenters. The monoisotopic (exact) mass is 336 g/mol. The van der Waals surface area contributed by atoms with Crippen molar-refractivity contribution in [3.05, 3.63) is 36.5 Å². The molecule has 1 saturated carbocycles. The zero-order valence-corrected chi connectivity index (χ0v) is 13.9. The summed E-state index contributed by atoms with van der Waals surface area (Å²) in [4.78, 5) is 11.0. The second-order valence-corrected chi connectivity index (χ2v) is 6.93. The van der Waals surface area contributed by atoms with Gasteiger partial charge in [0.25, 0.3) is 0 Å². The van der Waals surface area contributed by atoms with Crippen molar-refractivity contribution in [2.24, 2.45) is 5.92 Å². The molecule has 0 bridgehead atoms. The van der Waals surface area contributed by atoms with Gasteiger partial charge < -0.3 is 10.2 Å². The van der Waals surface area contributed by atoms with Crippen LogP contribution in [-0.4, -0.2) is 49.4 Å². The standard InChI is InChI=1S/C17H20N8/c1-2-13(3-1)14-6-15(20-10-19-14)18-7-12-8-24(9-12)17-5-4-16-22-21-11-25(16)23-17/h4-6,10-13H,1-3,7-9H2,(H,18,19,20). The number of nitrogens with one attached hydrogen (secondary N) is 1. The predicted octanol–water partition coefficient (Wildman–Crippen LogP) is 1.73. The van der Waals surface area contributed by atoms with Crippen molar-refractivity contribution < 1.29 is 0 Å². The molecule has 1 aliphatic carbocycles. The predicted molar refractivity (Wildman–Crippen MR) is 93.6 cm³/mol. The lowest BCUT2D eigenvalue weighted by atomic mass is 9.83. The minimum Gasteiger partial charge on any atom is -0.370 e. The second-order valence-electron chi connectivity index (χ2n) is 6.93. The van der Waals surface area contributed by atoms with Crippen LogP contribution in [0.1, 0.15) is 30.9 Å². The van der Waals surface area contributed by atoms with Crippen molar-refractivity contribution in [3.63, 3.8) is 0 Å². The van der Waals surface area contributed by atoms with Crippen LogP contribution in [-0.2, 0) is 0 Å². The lowest BCUT2D eigenvalue weighted by Gasteiger charge is -2.40. The van der Waals surface area contributed by atoms with Gasteiger partial charge in [0.15, 0.2) is 5.65 Å². The summed E-state index contributed by atoms with van der Waals surface area (Å²) in [5.41, 5.74) is 1.96. The number of rotatable bonds is 5. The largest absolute Gasteiger partial charge is 0.370 e. The Kier molecular flexibility index (Phi) is 3.46. The molecule has 1 saturated heterocycles. The Morgan fingerprint density at radius 3 is 2.92 bits per heavy atom. The molecule has 0 radical (unpaired) electrons. The van der Waals surface area contributed by atoms with Crippen LogP contribution in [0.15, 0.2) is 30.9 Å². The lowest BCUT2D eigenvalue weighted by molar-refractivity contribution is 0.410. The normalized spacial score (nSPS) is 18.2. The van der Waals surface area contributed by atoms with E-state index >= 15 is 0 Å². The van der Waals surface area contributed by atoms with Gasteiger partial charge in [0.05, 0.1) is 0 Å². The van der Waals surface area contributed by atoms with Gasteiger partial charge in [-0.05, 0) is 25.0 Å². The summed E-state index contributed by atoms with van der Waals surface area (Å²) in [5, 5.41) is 15.8. The highest BCUT2D eigenvalue weighted by molar-refractivity contribution is 5.47. The Balaban J connectivity index is 1.16. The summed E-state index contributed by atoms with van der Waals surface area (Å²) in [6.45, 7) is 2.91. The molecule has 128 valence electrons. The summed E-state index contributed by atoms with van der Waals surface area (Å²) < 4.78 is 1.71. The van der Waals surface area contributed by atoms with E-state index < -0.39 is 0 Å². The molecule has 0 spiro atoms. The Morgan fingerprint density at radius 1 is 1.16 bits per heavy atom. The maximum atomic E-state index is 4.53. The number of hydrogen-bond acceptors (Lipinski definition) is 7. The van der Waals surface area contributed by atoms with Crippen molar-refractivity contribution in [2.75, 3.05) is 29.9 Å². The number of aromatic nitrogens is 6. The molecule has 8 heteroatoms. The van der Waals surface area contributed by atoms with E-state index in [1.807, 2.05) is 12.1 Å². The van der Waals surface area contributed by atoms with Crippen molar-refractivity contribution >= 4 is 17.3 Å². The lowest BCUT2D eigenvalue weighted by Crippen LogP contribution is -2.50. The third-order valence-electron chi connectivity index (χ3n) is 5.21. The van der Waals surface area contributed by atoms with Crippen LogP contribution in [0.2, 0.25) is 0 Å². The van der Waals surface area contributed by atoms with E-state index in [4.69, 9.17) is 0 Å². The Morgan fingerprint density at radius 2 is 2.08 bits per heavy atom. The van der Waals surface area contributed by atoms with Crippen LogP contribution < -0.4 is 10.2 Å². The summed E-state index contributed by atoms with van der Waals surface area (Å²) >= 11 is 0. The smallest absolute Gasteiger partial charge is 0.177 e. The van der Waals surface area contributed by atoms with Crippen molar-refractivity contribution in [2.45, 2.75) is 25.2 Å². The van der Waals surface area contributed by atoms with E-state index in [0.717, 1.165) is 36.9 Å². The summed E-state index contributed by atoms with van der Waals surface area (Å²) in [6, 6.07) is 6.06. The molecule has 3 aromatic rings. The van der Waals surface area contributed by atoms with E-state index in [0.29, 0.717) is 11.8 Å². The van der Waals surface area contributed by atoms with Crippen LogP contribution >= 0.6 is 0 Å². The average molecular weight is 336 g/mol. The van der Waals surface area contributed by atoms with Crippen LogP contribution in [0.3, 0.4) is 0 Å². The second kappa shape index (κ2) is 5.94. The topological polar surface area (TPSA) is 84.1 Å². The first-order valence-corrected chi connectivity index (χ1v) is 8.83. The van der Waals surface area contributed by atoms with Crippen molar-refractivity contribution in [1.29, 1.82) is 0 Å².